The van der Waals surface area contributed by atoms with Crippen LogP contribution in [-0.2, 0) is 63.7 Å². The zero-order valence-electron chi connectivity index (χ0n) is 32.1. The maximum Gasteiger partial charge on any atom is 0.303 e. The lowest BCUT2D eigenvalue weighted by Crippen LogP contribution is -2.59. The number of amides is 1. The number of carbonyl (C=O) groups is 6. The number of benzene rings is 3. The number of esters is 5. The van der Waals surface area contributed by atoms with Crippen LogP contribution in [0, 0.1) is 16.0 Å². The molecule has 1 N–H and O–H groups in total. The van der Waals surface area contributed by atoms with E-state index in [9.17, 15) is 34.1 Å². The third kappa shape index (κ3) is 11.0. The Hall–Kier alpha value is -6.23. The van der Waals surface area contributed by atoms with E-state index in [2.05, 4.69) is 5.32 Å². The number of rotatable bonds is 17. The Bertz CT molecular complexity index is 1980. The highest BCUT2D eigenvalue weighted by Gasteiger charge is 2.67. The summed E-state index contributed by atoms with van der Waals surface area (Å²) >= 11 is 0.819. The number of nitrogens with one attached hydrogen (secondary N) is 1. The van der Waals surface area contributed by atoms with E-state index in [0.29, 0.717) is 5.69 Å². The number of carbonyl (C=O) groups excluding carboxylic acids is 6. The Kier molecular flexibility index (Phi) is 14.9. The zero-order chi connectivity index (χ0) is 41.9. The molecule has 0 aromatic heterocycles. The molecule has 0 spiro atoms. The van der Waals surface area contributed by atoms with Crippen LogP contribution >= 0.6 is 11.8 Å². The van der Waals surface area contributed by atoms with Crippen molar-refractivity contribution in [2.75, 3.05) is 19.0 Å². The van der Waals surface area contributed by atoms with E-state index in [0.717, 1.165) is 51.9 Å². The molecule has 0 saturated carbocycles. The lowest BCUT2D eigenvalue weighted by atomic mass is 9.76. The van der Waals surface area contributed by atoms with Crippen molar-refractivity contribution < 1.29 is 57.4 Å². The fourth-order valence-electron chi connectivity index (χ4n) is 6.55. The van der Waals surface area contributed by atoms with Gasteiger partial charge in [0.05, 0.1) is 4.92 Å². The molecular weight excluding hydrogens is 763 g/mol. The monoisotopic (exact) mass is 805 g/mol. The van der Waals surface area contributed by atoms with Gasteiger partial charge in [0.2, 0.25) is 5.91 Å². The largest absolute Gasteiger partial charge is 0.462 e. The van der Waals surface area contributed by atoms with Crippen molar-refractivity contribution in [3.05, 3.63) is 123 Å². The normalized spacial score (nSPS) is 18.2. The molecule has 0 saturated heterocycles. The van der Waals surface area contributed by atoms with Gasteiger partial charge in [-0.3, -0.25) is 38.9 Å². The molecule has 0 radical (unpaired) electrons. The second kappa shape index (κ2) is 19.6. The van der Waals surface area contributed by atoms with E-state index < -0.39 is 88.1 Å². The number of thioether (sulfide) groups is 1. The fourth-order valence-corrected chi connectivity index (χ4v) is 8.15. The summed E-state index contributed by atoms with van der Waals surface area (Å²) in [5, 5.41) is 16.5. The molecule has 57 heavy (non-hydrogen) atoms. The third-order valence-electron chi connectivity index (χ3n) is 8.60. The molecule has 0 fully saturated rings. The van der Waals surface area contributed by atoms with Gasteiger partial charge in [0.15, 0.2) is 24.4 Å². The first-order valence-electron chi connectivity index (χ1n) is 17.6. The van der Waals surface area contributed by atoms with Gasteiger partial charge < -0.3 is 33.9 Å². The third-order valence-corrected chi connectivity index (χ3v) is 10.3. The highest BCUT2D eigenvalue weighted by Crippen LogP contribution is 2.60. The molecular formula is C40H43N3O13S. The SMILES string of the molecule is CC(=O)OC[C@@H](OC(C)=O)[C@@H](OC(C)=O)[C@H](OC(C)=O)[C@H](OC(C)=O)[C@H]1C([N+](=O)[O-])=C(N(C)Cc2ccccc2)S[C@]1(C(=O)Nc1ccccc1)c1ccccc1. The predicted octanol–water partition coefficient (Wildman–Crippen LogP) is 4.75. The van der Waals surface area contributed by atoms with Gasteiger partial charge in [-0.05, 0) is 23.3 Å². The van der Waals surface area contributed by atoms with Gasteiger partial charge in [0.1, 0.15) is 22.3 Å². The van der Waals surface area contributed by atoms with Crippen molar-refractivity contribution in [3.8, 4) is 0 Å². The second-order valence-electron chi connectivity index (χ2n) is 13.0. The van der Waals surface area contributed by atoms with E-state index in [1.165, 1.54) is 0 Å². The molecule has 1 aliphatic rings. The number of hydrogen-bond donors (Lipinski definition) is 1. The van der Waals surface area contributed by atoms with Gasteiger partial charge in [-0.1, -0.05) is 90.6 Å². The van der Waals surface area contributed by atoms with E-state index >= 15 is 4.79 Å². The summed E-state index contributed by atoms with van der Waals surface area (Å²) < 4.78 is 25.8. The zero-order valence-corrected chi connectivity index (χ0v) is 32.9. The van der Waals surface area contributed by atoms with Crippen LogP contribution in [0.15, 0.2) is 102 Å². The maximum absolute atomic E-state index is 15.2. The minimum absolute atomic E-state index is 0.0138. The molecule has 16 nitrogen and oxygen atoms in total. The second-order valence-corrected chi connectivity index (χ2v) is 14.2. The number of ether oxygens (including phenoxy) is 5. The molecule has 1 aliphatic heterocycles. The first-order valence-corrected chi connectivity index (χ1v) is 18.4. The fraction of sp³-hybridized carbons (Fsp3) is 0.350. The van der Waals surface area contributed by atoms with Gasteiger partial charge in [0.25, 0.3) is 5.70 Å². The van der Waals surface area contributed by atoms with Crippen molar-refractivity contribution in [1.82, 2.24) is 4.90 Å². The molecule has 1 amide bonds. The maximum atomic E-state index is 15.2. The average molecular weight is 806 g/mol. The van der Waals surface area contributed by atoms with Crippen molar-refractivity contribution in [1.29, 1.82) is 0 Å². The standard InChI is InChI=1S/C40H43N3O13S/c1-24(44)52-23-32(53-25(2)45)35(54-26(3)46)37(56-28(5)48)36(55-27(4)47)33-34(43(50)51)38(42(6)22-29-16-10-7-11-17-29)57-40(33,30-18-12-8-13-19-30)39(49)41-31-20-14-9-15-21-31/h7-21,32-33,35-37H,22-23H2,1-6H3,(H,41,49)/t32-,33-,35-,36-,37+,40-/m1/s1. The first kappa shape index (κ1) is 43.5. The van der Waals surface area contributed by atoms with Crippen LogP contribution < -0.4 is 5.32 Å². The van der Waals surface area contributed by atoms with Crippen LogP contribution in [0.3, 0.4) is 0 Å². The van der Waals surface area contributed by atoms with Crippen LogP contribution in [0.5, 0.6) is 0 Å². The molecule has 0 unspecified atom stereocenters. The summed E-state index contributed by atoms with van der Waals surface area (Å²) in [5.41, 5.74) is 0.687. The molecule has 3 aromatic rings. The highest BCUT2D eigenvalue weighted by molar-refractivity contribution is 8.04. The average Bonchev–Trinajstić information content (AvgIpc) is 3.52. The van der Waals surface area contributed by atoms with Crippen molar-refractivity contribution >= 4 is 53.2 Å². The Morgan fingerprint density at radius 1 is 0.737 bits per heavy atom. The summed E-state index contributed by atoms with van der Waals surface area (Å²) in [6.07, 6.45) is -7.74. The molecule has 4 rings (SSSR count). The number of hydrogen-bond acceptors (Lipinski definition) is 15. The topological polar surface area (TPSA) is 207 Å². The Labute approximate surface area is 333 Å². The van der Waals surface area contributed by atoms with Crippen LogP contribution in [0.25, 0.3) is 0 Å². The summed E-state index contributed by atoms with van der Waals surface area (Å²) in [6, 6.07) is 25.3. The Morgan fingerprint density at radius 3 is 1.75 bits per heavy atom. The molecule has 0 aliphatic carbocycles. The van der Waals surface area contributed by atoms with E-state index in [4.69, 9.17) is 23.7 Å². The quantitative estimate of drug-likeness (QED) is 0.0846. The minimum atomic E-state index is -2.11. The highest BCUT2D eigenvalue weighted by atomic mass is 32.2. The summed E-state index contributed by atoms with van der Waals surface area (Å²) in [4.78, 5) is 93.2. The van der Waals surface area contributed by atoms with Crippen LogP contribution in [0.2, 0.25) is 0 Å². The van der Waals surface area contributed by atoms with E-state index in [1.807, 2.05) is 18.2 Å². The van der Waals surface area contributed by atoms with E-state index in [1.54, 1.807) is 84.7 Å². The number of nitro groups is 1. The minimum Gasteiger partial charge on any atom is -0.462 e. The molecule has 6 atom stereocenters. The number of anilines is 1. The lowest BCUT2D eigenvalue weighted by molar-refractivity contribution is -0.438. The summed E-state index contributed by atoms with van der Waals surface area (Å²) in [6.45, 7) is 4.41. The molecule has 0 bridgehead atoms. The first-order chi connectivity index (χ1) is 27.0. The number of nitrogens with zero attached hydrogens (tertiary/aromatic N) is 2. The van der Waals surface area contributed by atoms with Gasteiger partial charge in [-0.25, -0.2) is 0 Å². The molecule has 1 heterocycles. The van der Waals surface area contributed by atoms with Gasteiger partial charge in [-0.2, -0.15) is 0 Å². The molecule has 17 heteroatoms. The van der Waals surface area contributed by atoms with Crippen molar-refractivity contribution in [2.45, 2.75) is 70.3 Å². The van der Waals surface area contributed by atoms with Gasteiger partial charge >= 0.3 is 29.8 Å². The van der Waals surface area contributed by atoms with Gasteiger partial charge in [0, 0.05) is 53.9 Å². The Morgan fingerprint density at radius 2 is 1.25 bits per heavy atom. The predicted molar refractivity (Wildman–Crippen MR) is 205 cm³/mol. The van der Waals surface area contributed by atoms with Crippen LogP contribution in [0.4, 0.5) is 5.69 Å². The van der Waals surface area contributed by atoms with Crippen molar-refractivity contribution in [3.63, 3.8) is 0 Å². The number of para-hydroxylation sites is 1. The van der Waals surface area contributed by atoms with Crippen LogP contribution in [-0.4, -0.2) is 83.6 Å². The van der Waals surface area contributed by atoms with Crippen molar-refractivity contribution in [2.24, 2.45) is 5.92 Å². The lowest BCUT2D eigenvalue weighted by Gasteiger charge is -2.41. The Balaban J connectivity index is 2.13. The summed E-state index contributed by atoms with van der Waals surface area (Å²) in [5.74, 6) is -7.50. The summed E-state index contributed by atoms with van der Waals surface area (Å²) in [7, 11) is 1.59. The van der Waals surface area contributed by atoms with Gasteiger partial charge in [-0.15, -0.1) is 0 Å². The van der Waals surface area contributed by atoms with Crippen LogP contribution in [0.1, 0.15) is 45.7 Å². The molecule has 3 aromatic carbocycles. The smallest absolute Gasteiger partial charge is 0.303 e. The molecule has 302 valence electrons. The van der Waals surface area contributed by atoms with E-state index in [-0.39, 0.29) is 17.1 Å².